The predicted octanol–water partition coefficient (Wildman–Crippen LogP) is 0.477. The number of piperidine rings is 1. The summed E-state index contributed by atoms with van der Waals surface area (Å²) in [7, 11) is 0. The average molecular weight is 187 g/mol. The molecular formula is C9H17NO3. The van der Waals surface area contributed by atoms with Gasteiger partial charge in [-0.25, -0.2) is 0 Å². The van der Waals surface area contributed by atoms with Crippen molar-refractivity contribution in [3.63, 3.8) is 0 Å². The van der Waals surface area contributed by atoms with Crippen LogP contribution in [0.1, 0.15) is 19.8 Å². The molecule has 0 aromatic heterocycles. The molecule has 0 amide bonds. The predicted molar refractivity (Wildman–Crippen MR) is 48.7 cm³/mol. The summed E-state index contributed by atoms with van der Waals surface area (Å²) in [5, 5.41) is 12.3. The number of hydrogen-bond acceptors (Lipinski definition) is 3. The first-order valence-corrected chi connectivity index (χ1v) is 4.73. The Morgan fingerprint density at radius 2 is 2.15 bits per heavy atom. The molecule has 0 spiro atoms. The molecule has 0 aliphatic carbocycles. The van der Waals surface area contributed by atoms with Gasteiger partial charge in [0.2, 0.25) is 0 Å². The van der Waals surface area contributed by atoms with E-state index in [9.17, 15) is 4.79 Å². The summed E-state index contributed by atoms with van der Waals surface area (Å²) < 4.78 is 5.23. The van der Waals surface area contributed by atoms with Crippen molar-refractivity contribution in [1.29, 1.82) is 0 Å². The van der Waals surface area contributed by atoms with Crippen LogP contribution in [0.25, 0.3) is 0 Å². The SMILES string of the molecule is CCOCC1(C(=O)O)CCNCC1. The molecular weight excluding hydrogens is 170 g/mol. The van der Waals surface area contributed by atoms with Gasteiger partial charge in [0.05, 0.1) is 12.0 Å². The number of nitrogens with one attached hydrogen (secondary N) is 1. The molecule has 0 radical (unpaired) electrons. The molecule has 2 N–H and O–H groups in total. The summed E-state index contributed by atoms with van der Waals surface area (Å²) in [6.07, 6.45) is 1.34. The fourth-order valence-electron chi connectivity index (χ4n) is 1.62. The highest BCUT2D eigenvalue weighted by Crippen LogP contribution is 2.29. The van der Waals surface area contributed by atoms with Gasteiger partial charge in [-0.2, -0.15) is 0 Å². The minimum Gasteiger partial charge on any atom is -0.481 e. The van der Waals surface area contributed by atoms with Gasteiger partial charge in [-0.1, -0.05) is 0 Å². The molecule has 1 heterocycles. The maximum Gasteiger partial charge on any atom is 0.312 e. The van der Waals surface area contributed by atoms with E-state index < -0.39 is 11.4 Å². The Balaban J connectivity index is 2.56. The normalized spacial score (nSPS) is 21.3. The van der Waals surface area contributed by atoms with Crippen LogP contribution in [-0.2, 0) is 9.53 Å². The lowest BCUT2D eigenvalue weighted by Crippen LogP contribution is -2.45. The fraction of sp³-hybridized carbons (Fsp3) is 0.889. The lowest BCUT2D eigenvalue weighted by molar-refractivity contribution is -0.155. The zero-order valence-electron chi connectivity index (χ0n) is 8.01. The molecule has 1 fully saturated rings. The molecule has 0 saturated carbocycles. The molecule has 0 aromatic carbocycles. The topological polar surface area (TPSA) is 58.6 Å². The van der Waals surface area contributed by atoms with E-state index in [-0.39, 0.29) is 0 Å². The minimum absolute atomic E-state index is 0.348. The third-order valence-electron chi connectivity index (χ3n) is 2.60. The summed E-state index contributed by atoms with van der Waals surface area (Å²) in [6.45, 7) is 4.37. The van der Waals surface area contributed by atoms with Gasteiger partial charge in [0.25, 0.3) is 0 Å². The van der Waals surface area contributed by atoms with E-state index in [4.69, 9.17) is 9.84 Å². The molecule has 1 aliphatic rings. The Hall–Kier alpha value is -0.610. The lowest BCUT2D eigenvalue weighted by atomic mass is 9.80. The van der Waals surface area contributed by atoms with Gasteiger partial charge in [0.15, 0.2) is 0 Å². The smallest absolute Gasteiger partial charge is 0.312 e. The quantitative estimate of drug-likeness (QED) is 0.672. The fourth-order valence-corrected chi connectivity index (χ4v) is 1.62. The first kappa shape index (κ1) is 10.5. The summed E-state index contributed by atoms with van der Waals surface area (Å²) >= 11 is 0. The summed E-state index contributed by atoms with van der Waals surface area (Å²) in [6, 6.07) is 0. The van der Waals surface area contributed by atoms with Crippen LogP contribution in [0.3, 0.4) is 0 Å². The third kappa shape index (κ3) is 2.42. The van der Waals surface area contributed by atoms with E-state index in [0.29, 0.717) is 26.1 Å². The molecule has 0 bridgehead atoms. The van der Waals surface area contributed by atoms with E-state index >= 15 is 0 Å². The monoisotopic (exact) mass is 187 g/mol. The van der Waals surface area contributed by atoms with Gasteiger partial charge >= 0.3 is 5.97 Å². The summed E-state index contributed by atoms with van der Waals surface area (Å²) in [4.78, 5) is 11.1. The number of hydrogen-bond donors (Lipinski definition) is 2. The van der Waals surface area contributed by atoms with Crippen LogP contribution in [-0.4, -0.2) is 37.4 Å². The maximum atomic E-state index is 11.1. The van der Waals surface area contributed by atoms with E-state index in [1.807, 2.05) is 6.92 Å². The molecule has 1 rings (SSSR count). The highest BCUT2D eigenvalue weighted by Gasteiger charge is 2.39. The Kier molecular flexibility index (Phi) is 3.69. The zero-order chi connectivity index (χ0) is 9.73. The molecule has 13 heavy (non-hydrogen) atoms. The van der Waals surface area contributed by atoms with Gasteiger partial charge in [-0.05, 0) is 32.9 Å². The van der Waals surface area contributed by atoms with Gasteiger partial charge in [0.1, 0.15) is 0 Å². The molecule has 1 saturated heterocycles. The van der Waals surface area contributed by atoms with E-state index in [1.165, 1.54) is 0 Å². The van der Waals surface area contributed by atoms with Crippen LogP contribution in [0.5, 0.6) is 0 Å². The van der Waals surface area contributed by atoms with Crippen molar-refractivity contribution in [1.82, 2.24) is 5.32 Å². The first-order valence-electron chi connectivity index (χ1n) is 4.73. The molecule has 0 aromatic rings. The lowest BCUT2D eigenvalue weighted by Gasteiger charge is -2.33. The number of carboxylic acids is 1. The van der Waals surface area contributed by atoms with Crippen molar-refractivity contribution in [2.45, 2.75) is 19.8 Å². The van der Waals surface area contributed by atoms with Crippen molar-refractivity contribution >= 4 is 5.97 Å². The average Bonchev–Trinajstić information content (AvgIpc) is 2.16. The highest BCUT2D eigenvalue weighted by molar-refractivity contribution is 5.75. The minimum atomic E-state index is -0.720. The molecule has 0 atom stereocenters. The number of carbonyl (C=O) groups is 1. The van der Waals surface area contributed by atoms with Crippen LogP contribution >= 0.6 is 0 Å². The largest absolute Gasteiger partial charge is 0.481 e. The second-order valence-electron chi connectivity index (χ2n) is 3.47. The van der Waals surface area contributed by atoms with Crippen molar-refractivity contribution in [2.24, 2.45) is 5.41 Å². The van der Waals surface area contributed by atoms with Crippen LogP contribution < -0.4 is 5.32 Å². The Morgan fingerprint density at radius 3 is 2.62 bits per heavy atom. The van der Waals surface area contributed by atoms with Crippen LogP contribution in [0.15, 0.2) is 0 Å². The molecule has 4 nitrogen and oxygen atoms in total. The van der Waals surface area contributed by atoms with Crippen LogP contribution in [0.4, 0.5) is 0 Å². The Bertz CT molecular complexity index is 176. The number of carboxylic acid groups (broad SMARTS) is 1. The molecule has 1 aliphatic heterocycles. The van der Waals surface area contributed by atoms with E-state index in [1.54, 1.807) is 0 Å². The molecule has 76 valence electrons. The van der Waals surface area contributed by atoms with Gasteiger partial charge < -0.3 is 15.2 Å². The standard InChI is InChI=1S/C9H17NO3/c1-2-13-7-9(8(11)12)3-5-10-6-4-9/h10H,2-7H2,1H3,(H,11,12). The van der Waals surface area contributed by atoms with Gasteiger partial charge in [-0.3, -0.25) is 4.79 Å². The highest BCUT2D eigenvalue weighted by atomic mass is 16.5. The van der Waals surface area contributed by atoms with Gasteiger partial charge in [-0.15, -0.1) is 0 Å². The number of rotatable bonds is 4. The van der Waals surface area contributed by atoms with Crippen LogP contribution in [0.2, 0.25) is 0 Å². The van der Waals surface area contributed by atoms with Crippen molar-refractivity contribution < 1.29 is 14.6 Å². The molecule has 0 unspecified atom stereocenters. The van der Waals surface area contributed by atoms with E-state index in [2.05, 4.69) is 5.32 Å². The second-order valence-corrected chi connectivity index (χ2v) is 3.47. The summed E-state index contributed by atoms with van der Waals surface area (Å²) in [5.74, 6) is -0.720. The first-order chi connectivity index (χ1) is 6.21. The van der Waals surface area contributed by atoms with E-state index in [0.717, 1.165) is 13.1 Å². The molecule has 4 heteroatoms. The van der Waals surface area contributed by atoms with Crippen molar-refractivity contribution in [3.05, 3.63) is 0 Å². The van der Waals surface area contributed by atoms with Gasteiger partial charge in [0, 0.05) is 6.61 Å². The zero-order valence-corrected chi connectivity index (χ0v) is 8.01. The Labute approximate surface area is 78.3 Å². The summed E-state index contributed by atoms with van der Waals surface area (Å²) in [5.41, 5.74) is -0.638. The van der Waals surface area contributed by atoms with Crippen molar-refractivity contribution in [2.75, 3.05) is 26.3 Å². The van der Waals surface area contributed by atoms with Crippen molar-refractivity contribution in [3.8, 4) is 0 Å². The van der Waals surface area contributed by atoms with Crippen LogP contribution in [0, 0.1) is 5.41 Å². The third-order valence-corrected chi connectivity index (χ3v) is 2.60. The Morgan fingerprint density at radius 1 is 1.54 bits per heavy atom. The number of ether oxygens (including phenoxy) is 1. The second kappa shape index (κ2) is 4.58. The number of aliphatic carboxylic acids is 1. The maximum absolute atomic E-state index is 11.1.